The molecule has 1 amide bonds. The zero-order chi connectivity index (χ0) is 17.2. The summed E-state index contributed by atoms with van der Waals surface area (Å²) in [4.78, 5) is 25.6. The van der Waals surface area contributed by atoms with Gasteiger partial charge in [0, 0.05) is 51.0 Å². The third kappa shape index (κ3) is 3.37. The molecule has 3 aromatic rings. The summed E-state index contributed by atoms with van der Waals surface area (Å²) in [7, 11) is 0. The standard InChI is InChI=1S/C18H21N5OS/c1-14(23-7-6-19-13-23)12-17(24)21-8-10-22(11-9-21)18-20-15-4-2-3-5-16(15)25-18/h2-7,13-14H,8-12H2,1H3/t14-/m0/s1. The number of hydrogen-bond donors (Lipinski definition) is 0. The molecule has 0 spiro atoms. The van der Waals surface area contributed by atoms with Crippen molar-refractivity contribution in [3.8, 4) is 0 Å². The van der Waals surface area contributed by atoms with Crippen molar-refractivity contribution in [3.05, 3.63) is 43.0 Å². The van der Waals surface area contributed by atoms with Crippen LogP contribution in [0.5, 0.6) is 0 Å². The van der Waals surface area contributed by atoms with Crippen molar-refractivity contribution in [2.75, 3.05) is 31.1 Å². The van der Waals surface area contributed by atoms with Crippen LogP contribution in [0.2, 0.25) is 0 Å². The Hall–Kier alpha value is -2.41. The molecule has 1 atom stereocenters. The highest BCUT2D eigenvalue weighted by Crippen LogP contribution is 2.29. The third-order valence-corrected chi connectivity index (χ3v) is 5.79. The molecule has 0 unspecified atom stereocenters. The number of thiazole rings is 1. The van der Waals surface area contributed by atoms with Gasteiger partial charge in [0.25, 0.3) is 0 Å². The molecule has 1 saturated heterocycles. The number of carbonyl (C=O) groups is 1. The van der Waals surface area contributed by atoms with Gasteiger partial charge in [0.05, 0.1) is 16.5 Å². The first-order valence-electron chi connectivity index (χ1n) is 8.56. The third-order valence-electron chi connectivity index (χ3n) is 4.69. The first-order chi connectivity index (χ1) is 12.2. The van der Waals surface area contributed by atoms with Gasteiger partial charge >= 0.3 is 0 Å². The Balaban J connectivity index is 1.35. The molecule has 1 aliphatic rings. The van der Waals surface area contributed by atoms with E-state index in [9.17, 15) is 4.79 Å². The van der Waals surface area contributed by atoms with Crippen molar-refractivity contribution >= 4 is 32.6 Å². The lowest BCUT2D eigenvalue weighted by Crippen LogP contribution is -2.49. The second-order valence-electron chi connectivity index (χ2n) is 6.40. The van der Waals surface area contributed by atoms with Crippen LogP contribution >= 0.6 is 11.3 Å². The van der Waals surface area contributed by atoms with Crippen molar-refractivity contribution in [1.29, 1.82) is 0 Å². The number of benzene rings is 1. The number of fused-ring (bicyclic) bond motifs is 1. The lowest BCUT2D eigenvalue weighted by Gasteiger charge is -2.35. The Morgan fingerprint density at radius 2 is 2.04 bits per heavy atom. The molecule has 1 aromatic carbocycles. The molecule has 6 nitrogen and oxygen atoms in total. The van der Waals surface area contributed by atoms with E-state index in [1.54, 1.807) is 23.9 Å². The number of hydrogen-bond acceptors (Lipinski definition) is 5. The maximum Gasteiger partial charge on any atom is 0.224 e. The van der Waals surface area contributed by atoms with Gasteiger partial charge in [-0.05, 0) is 19.1 Å². The van der Waals surface area contributed by atoms with Gasteiger partial charge in [-0.15, -0.1) is 0 Å². The quantitative estimate of drug-likeness (QED) is 0.722. The molecule has 130 valence electrons. The summed E-state index contributed by atoms with van der Waals surface area (Å²) in [5, 5.41) is 1.06. The molecule has 3 heterocycles. The van der Waals surface area contributed by atoms with Gasteiger partial charge in [0.2, 0.25) is 5.91 Å². The molecule has 0 aliphatic carbocycles. The fourth-order valence-electron chi connectivity index (χ4n) is 3.16. The van der Waals surface area contributed by atoms with Crippen LogP contribution in [0.1, 0.15) is 19.4 Å². The van der Waals surface area contributed by atoms with Gasteiger partial charge in [0.1, 0.15) is 0 Å². The Labute approximate surface area is 150 Å². The zero-order valence-corrected chi connectivity index (χ0v) is 15.0. The predicted molar refractivity (Wildman–Crippen MR) is 100.0 cm³/mol. The van der Waals surface area contributed by atoms with Crippen LogP contribution in [0.3, 0.4) is 0 Å². The monoisotopic (exact) mass is 355 g/mol. The molecular formula is C18H21N5OS. The summed E-state index contributed by atoms with van der Waals surface area (Å²) < 4.78 is 3.19. The maximum atomic E-state index is 12.5. The van der Waals surface area contributed by atoms with E-state index in [0.29, 0.717) is 6.42 Å². The van der Waals surface area contributed by atoms with Gasteiger partial charge in [-0.25, -0.2) is 9.97 Å². The Morgan fingerprint density at radius 3 is 2.76 bits per heavy atom. The summed E-state index contributed by atoms with van der Waals surface area (Å²) in [5.74, 6) is 0.213. The van der Waals surface area contributed by atoms with E-state index >= 15 is 0 Å². The molecule has 0 bridgehead atoms. The highest BCUT2D eigenvalue weighted by molar-refractivity contribution is 7.22. The van der Waals surface area contributed by atoms with Crippen molar-refractivity contribution in [1.82, 2.24) is 19.4 Å². The molecule has 1 fully saturated rings. The number of rotatable bonds is 4. The van der Waals surface area contributed by atoms with Crippen LogP contribution in [0.15, 0.2) is 43.0 Å². The first kappa shape index (κ1) is 16.1. The largest absolute Gasteiger partial charge is 0.345 e. The highest BCUT2D eigenvalue weighted by Gasteiger charge is 2.24. The van der Waals surface area contributed by atoms with E-state index in [4.69, 9.17) is 4.98 Å². The summed E-state index contributed by atoms with van der Waals surface area (Å²) in [6.45, 7) is 5.24. The Morgan fingerprint density at radius 1 is 1.24 bits per heavy atom. The lowest BCUT2D eigenvalue weighted by atomic mass is 10.2. The number of imidazole rings is 1. The zero-order valence-electron chi connectivity index (χ0n) is 14.2. The molecule has 7 heteroatoms. The van der Waals surface area contributed by atoms with E-state index in [1.165, 1.54) is 4.70 Å². The SMILES string of the molecule is C[C@@H](CC(=O)N1CCN(c2nc3ccccc3s2)CC1)n1ccnc1. The highest BCUT2D eigenvalue weighted by atomic mass is 32.1. The fourth-order valence-corrected chi connectivity index (χ4v) is 4.18. The Kier molecular flexibility index (Phi) is 4.40. The average Bonchev–Trinajstić information content (AvgIpc) is 3.31. The van der Waals surface area contributed by atoms with Crippen LogP contribution in [0, 0.1) is 0 Å². The summed E-state index contributed by atoms with van der Waals surface area (Å²) in [5.41, 5.74) is 1.05. The van der Waals surface area contributed by atoms with Crippen LogP contribution in [-0.4, -0.2) is 51.5 Å². The average molecular weight is 355 g/mol. The van der Waals surface area contributed by atoms with Crippen molar-refractivity contribution in [2.45, 2.75) is 19.4 Å². The molecule has 0 N–H and O–H groups in total. The maximum absolute atomic E-state index is 12.5. The predicted octanol–water partition coefficient (Wildman–Crippen LogP) is 2.79. The number of nitrogens with zero attached hydrogens (tertiary/aromatic N) is 5. The molecule has 0 radical (unpaired) electrons. The molecule has 0 saturated carbocycles. The second-order valence-corrected chi connectivity index (χ2v) is 7.40. The number of anilines is 1. The van der Waals surface area contributed by atoms with Crippen LogP contribution < -0.4 is 4.90 Å². The lowest BCUT2D eigenvalue weighted by molar-refractivity contribution is -0.132. The van der Waals surface area contributed by atoms with E-state index in [2.05, 4.69) is 22.9 Å². The summed E-state index contributed by atoms with van der Waals surface area (Å²) in [6.07, 6.45) is 5.93. The number of para-hydroxylation sites is 1. The van der Waals surface area contributed by atoms with Crippen LogP contribution in [0.25, 0.3) is 10.2 Å². The molecular weight excluding hydrogens is 334 g/mol. The number of piperazine rings is 1. The van der Waals surface area contributed by atoms with Crippen molar-refractivity contribution < 1.29 is 4.79 Å². The fraction of sp³-hybridized carbons (Fsp3) is 0.389. The molecule has 25 heavy (non-hydrogen) atoms. The summed E-state index contributed by atoms with van der Waals surface area (Å²) in [6, 6.07) is 8.35. The van der Waals surface area contributed by atoms with E-state index in [0.717, 1.165) is 36.8 Å². The minimum atomic E-state index is 0.136. The number of aromatic nitrogens is 3. The van der Waals surface area contributed by atoms with Crippen molar-refractivity contribution in [3.63, 3.8) is 0 Å². The smallest absolute Gasteiger partial charge is 0.224 e. The van der Waals surface area contributed by atoms with Crippen LogP contribution in [-0.2, 0) is 4.79 Å². The van der Waals surface area contributed by atoms with E-state index in [-0.39, 0.29) is 11.9 Å². The Bertz CT molecular complexity index is 818. The second kappa shape index (κ2) is 6.84. The van der Waals surface area contributed by atoms with Gasteiger partial charge < -0.3 is 14.4 Å². The number of carbonyl (C=O) groups excluding carboxylic acids is 1. The van der Waals surface area contributed by atoms with E-state index in [1.807, 2.05) is 33.9 Å². The molecule has 1 aliphatic heterocycles. The summed E-state index contributed by atoms with van der Waals surface area (Å²) >= 11 is 1.72. The van der Waals surface area contributed by atoms with Gasteiger partial charge in [-0.1, -0.05) is 23.5 Å². The van der Waals surface area contributed by atoms with Gasteiger partial charge in [-0.3, -0.25) is 4.79 Å². The minimum Gasteiger partial charge on any atom is -0.345 e. The topological polar surface area (TPSA) is 54.3 Å². The van der Waals surface area contributed by atoms with Gasteiger partial charge in [0.15, 0.2) is 5.13 Å². The first-order valence-corrected chi connectivity index (χ1v) is 9.38. The van der Waals surface area contributed by atoms with Crippen LogP contribution in [0.4, 0.5) is 5.13 Å². The molecule has 4 rings (SSSR count). The molecule has 2 aromatic heterocycles. The minimum absolute atomic E-state index is 0.136. The normalized spacial score (nSPS) is 16.4. The van der Waals surface area contributed by atoms with Crippen molar-refractivity contribution in [2.24, 2.45) is 0 Å². The number of amides is 1. The van der Waals surface area contributed by atoms with Gasteiger partial charge in [-0.2, -0.15) is 0 Å². The van der Waals surface area contributed by atoms with E-state index < -0.39 is 0 Å².